The van der Waals surface area contributed by atoms with E-state index in [0.717, 1.165) is 61.2 Å². The maximum absolute atomic E-state index is 13.3. The molecule has 0 spiro atoms. The fourth-order valence-corrected chi connectivity index (χ4v) is 5.71. The summed E-state index contributed by atoms with van der Waals surface area (Å²) in [5.41, 5.74) is 5.08. The summed E-state index contributed by atoms with van der Waals surface area (Å²) < 4.78 is 0. The number of hydrogen-bond donors (Lipinski definition) is 1. The lowest BCUT2D eigenvalue weighted by Crippen LogP contribution is -2.53. The van der Waals surface area contributed by atoms with Crippen molar-refractivity contribution in [1.29, 1.82) is 0 Å². The normalized spacial score (nSPS) is 20.9. The van der Waals surface area contributed by atoms with Crippen LogP contribution in [-0.2, 0) is 22.6 Å². The van der Waals surface area contributed by atoms with Crippen molar-refractivity contribution in [2.45, 2.75) is 31.8 Å². The first-order valence-electron chi connectivity index (χ1n) is 12.7. The monoisotopic (exact) mass is 482 g/mol. The molecule has 6 rings (SSSR count). The van der Waals surface area contributed by atoms with E-state index in [1.165, 1.54) is 11.1 Å². The molecule has 0 radical (unpaired) electrons. The van der Waals surface area contributed by atoms with E-state index in [-0.39, 0.29) is 18.2 Å². The molecule has 3 heterocycles. The van der Waals surface area contributed by atoms with Crippen molar-refractivity contribution < 1.29 is 14.4 Å². The standard InChI is InChI=1S/C29H30N4O3/c1-31-13-15-32(16-14-31)18-20-7-5-19(6-8-20)17-21-9-10-24-27-22(21)3-2-4-23(27)29(36)33(24)25-11-12-26(34)30-28(25)35/h2-10,25H,11-18H2,1H3,(H,30,34,35). The molecule has 3 aromatic carbocycles. The molecule has 3 aliphatic rings. The summed E-state index contributed by atoms with van der Waals surface area (Å²) in [5, 5.41) is 4.32. The van der Waals surface area contributed by atoms with Crippen molar-refractivity contribution in [2.24, 2.45) is 0 Å². The number of nitrogens with zero attached hydrogens (tertiary/aromatic N) is 3. The van der Waals surface area contributed by atoms with Gasteiger partial charge in [0.1, 0.15) is 6.04 Å². The van der Waals surface area contributed by atoms with Crippen molar-refractivity contribution in [1.82, 2.24) is 15.1 Å². The minimum Gasteiger partial charge on any atom is -0.304 e. The summed E-state index contributed by atoms with van der Waals surface area (Å²) in [7, 11) is 2.18. The van der Waals surface area contributed by atoms with Crippen molar-refractivity contribution in [3.63, 3.8) is 0 Å². The third-order valence-corrected chi connectivity index (χ3v) is 7.76. The summed E-state index contributed by atoms with van der Waals surface area (Å²) in [6.07, 6.45) is 1.35. The first-order valence-corrected chi connectivity index (χ1v) is 12.7. The van der Waals surface area contributed by atoms with Gasteiger partial charge in [0.25, 0.3) is 5.91 Å². The molecule has 36 heavy (non-hydrogen) atoms. The minimum absolute atomic E-state index is 0.171. The highest BCUT2D eigenvalue weighted by Crippen LogP contribution is 2.41. The molecule has 3 amide bonds. The van der Waals surface area contributed by atoms with Crippen molar-refractivity contribution in [2.75, 3.05) is 38.1 Å². The second-order valence-electron chi connectivity index (χ2n) is 10.2. The van der Waals surface area contributed by atoms with E-state index in [9.17, 15) is 14.4 Å². The molecule has 2 fully saturated rings. The van der Waals surface area contributed by atoms with Crippen LogP contribution >= 0.6 is 0 Å². The predicted octanol–water partition coefficient (Wildman–Crippen LogP) is 2.94. The maximum atomic E-state index is 13.3. The molecule has 1 unspecified atom stereocenters. The van der Waals surface area contributed by atoms with Gasteiger partial charge < -0.3 is 4.90 Å². The molecule has 1 atom stereocenters. The average Bonchev–Trinajstić information content (AvgIpc) is 3.16. The number of anilines is 1. The molecule has 7 nitrogen and oxygen atoms in total. The number of rotatable bonds is 5. The lowest BCUT2D eigenvalue weighted by Gasteiger charge is -2.32. The smallest absolute Gasteiger partial charge is 0.259 e. The van der Waals surface area contributed by atoms with Crippen LogP contribution in [0.4, 0.5) is 5.69 Å². The Kier molecular flexibility index (Phi) is 5.82. The Labute approximate surface area is 210 Å². The average molecular weight is 483 g/mol. The van der Waals surface area contributed by atoms with Gasteiger partial charge in [-0.2, -0.15) is 0 Å². The van der Waals surface area contributed by atoms with Gasteiger partial charge in [0.15, 0.2) is 0 Å². The maximum Gasteiger partial charge on any atom is 0.259 e. The van der Waals surface area contributed by atoms with E-state index in [1.54, 1.807) is 4.90 Å². The Balaban J connectivity index is 1.25. The SMILES string of the molecule is CN1CCN(Cc2ccc(Cc3ccc4c5c(cccc35)C(=O)N4C3CCC(=O)NC3=O)cc2)CC1. The van der Waals surface area contributed by atoms with E-state index in [2.05, 4.69) is 58.6 Å². The van der Waals surface area contributed by atoms with Crippen molar-refractivity contribution >= 4 is 34.2 Å². The van der Waals surface area contributed by atoms with E-state index in [4.69, 9.17) is 0 Å². The van der Waals surface area contributed by atoms with Crippen LogP contribution in [0, 0.1) is 0 Å². The highest BCUT2D eigenvalue weighted by molar-refractivity contribution is 6.27. The highest BCUT2D eigenvalue weighted by Gasteiger charge is 2.40. The summed E-state index contributed by atoms with van der Waals surface area (Å²) in [4.78, 5) is 44.0. The molecule has 0 aromatic heterocycles. The van der Waals surface area contributed by atoms with Gasteiger partial charge in [0, 0.05) is 50.1 Å². The quantitative estimate of drug-likeness (QED) is 0.566. The highest BCUT2D eigenvalue weighted by atomic mass is 16.2. The number of hydrogen-bond acceptors (Lipinski definition) is 5. The number of piperazine rings is 1. The molecule has 0 aliphatic carbocycles. The zero-order valence-corrected chi connectivity index (χ0v) is 20.5. The molecular weight excluding hydrogens is 452 g/mol. The number of carbonyl (C=O) groups is 3. The second-order valence-corrected chi connectivity index (χ2v) is 10.2. The van der Waals surface area contributed by atoms with Gasteiger partial charge in [0.05, 0.1) is 5.69 Å². The molecule has 0 bridgehead atoms. The number of carbonyl (C=O) groups excluding carboxylic acids is 3. The number of piperidine rings is 1. The summed E-state index contributed by atoms with van der Waals surface area (Å²) in [6.45, 7) is 5.42. The van der Waals surface area contributed by atoms with Gasteiger partial charge in [-0.05, 0) is 54.1 Å². The number of amides is 3. The summed E-state index contributed by atoms with van der Waals surface area (Å²) >= 11 is 0. The zero-order valence-electron chi connectivity index (χ0n) is 20.5. The third-order valence-electron chi connectivity index (χ3n) is 7.76. The van der Waals surface area contributed by atoms with Gasteiger partial charge in [-0.25, -0.2) is 0 Å². The Hall–Kier alpha value is -3.55. The molecule has 0 saturated carbocycles. The molecular formula is C29H30N4O3. The van der Waals surface area contributed by atoms with Crippen LogP contribution in [0.25, 0.3) is 10.8 Å². The van der Waals surface area contributed by atoms with E-state index < -0.39 is 11.9 Å². The van der Waals surface area contributed by atoms with Gasteiger partial charge in [-0.3, -0.25) is 29.5 Å². The molecule has 3 aliphatic heterocycles. The molecule has 3 aromatic rings. The Morgan fingerprint density at radius 1 is 0.889 bits per heavy atom. The zero-order chi connectivity index (χ0) is 24.8. The largest absolute Gasteiger partial charge is 0.304 e. The van der Waals surface area contributed by atoms with Crippen LogP contribution in [0.1, 0.15) is 39.9 Å². The molecule has 2 saturated heterocycles. The van der Waals surface area contributed by atoms with Crippen LogP contribution < -0.4 is 10.2 Å². The van der Waals surface area contributed by atoms with Crippen LogP contribution in [0.15, 0.2) is 54.6 Å². The Morgan fingerprint density at radius 2 is 1.64 bits per heavy atom. The third kappa shape index (κ3) is 4.08. The summed E-state index contributed by atoms with van der Waals surface area (Å²) in [6, 6.07) is 18.0. The van der Waals surface area contributed by atoms with Gasteiger partial charge in [0.2, 0.25) is 11.8 Å². The first kappa shape index (κ1) is 22.9. The number of nitrogens with one attached hydrogen (secondary N) is 1. The van der Waals surface area contributed by atoms with Crippen LogP contribution in [0.2, 0.25) is 0 Å². The summed E-state index contributed by atoms with van der Waals surface area (Å²) in [5.74, 6) is -0.854. The molecule has 184 valence electrons. The van der Waals surface area contributed by atoms with Gasteiger partial charge in [-0.1, -0.05) is 42.5 Å². The topological polar surface area (TPSA) is 73.0 Å². The van der Waals surface area contributed by atoms with E-state index in [0.29, 0.717) is 12.0 Å². The lowest BCUT2D eigenvalue weighted by atomic mass is 9.95. The van der Waals surface area contributed by atoms with E-state index >= 15 is 0 Å². The second kappa shape index (κ2) is 9.15. The number of likely N-dealkylation sites (N-methyl/N-ethyl adjacent to an activating group) is 1. The molecule has 7 heteroatoms. The Morgan fingerprint density at radius 3 is 2.39 bits per heavy atom. The van der Waals surface area contributed by atoms with Crippen LogP contribution in [0.3, 0.4) is 0 Å². The number of imide groups is 1. The molecule has 1 N–H and O–H groups in total. The lowest BCUT2D eigenvalue weighted by molar-refractivity contribution is -0.134. The van der Waals surface area contributed by atoms with Gasteiger partial charge in [-0.15, -0.1) is 0 Å². The minimum atomic E-state index is -0.663. The van der Waals surface area contributed by atoms with Crippen molar-refractivity contribution in [3.8, 4) is 0 Å². The van der Waals surface area contributed by atoms with Crippen molar-refractivity contribution in [3.05, 3.63) is 76.9 Å². The first-order chi connectivity index (χ1) is 17.5. The van der Waals surface area contributed by atoms with Gasteiger partial charge >= 0.3 is 0 Å². The fraction of sp³-hybridized carbons (Fsp3) is 0.345. The van der Waals surface area contributed by atoms with Crippen LogP contribution in [-0.4, -0.2) is 66.8 Å². The fourth-order valence-electron chi connectivity index (χ4n) is 5.71. The van der Waals surface area contributed by atoms with E-state index in [1.807, 2.05) is 18.2 Å². The van der Waals surface area contributed by atoms with Crippen LogP contribution in [0.5, 0.6) is 0 Å². The number of benzene rings is 3. The predicted molar refractivity (Wildman–Crippen MR) is 139 cm³/mol. The Bertz CT molecular complexity index is 1360.